The number of likely N-dealkylation sites (tertiary alicyclic amines) is 1. The van der Waals surface area contributed by atoms with Crippen LogP contribution in [0.25, 0.3) is 11.1 Å². The number of halogens is 1. The number of hydrogen-bond acceptors (Lipinski definition) is 5. The van der Waals surface area contributed by atoms with Crippen molar-refractivity contribution in [1.82, 2.24) is 10.2 Å². The molecule has 1 aliphatic rings. The second-order valence-electron chi connectivity index (χ2n) is 10.7. The van der Waals surface area contributed by atoms with Crippen molar-refractivity contribution >= 4 is 11.8 Å². The highest BCUT2D eigenvalue weighted by Crippen LogP contribution is 2.28. The van der Waals surface area contributed by atoms with E-state index in [2.05, 4.69) is 39.8 Å². The van der Waals surface area contributed by atoms with E-state index in [1.165, 1.54) is 17.2 Å². The first-order chi connectivity index (χ1) is 20.5. The van der Waals surface area contributed by atoms with Gasteiger partial charge in [-0.2, -0.15) is 0 Å². The number of nitrogens with one attached hydrogen (secondary N) is 2. The number of ether oxygens (including phenoxy) is 1. The van der Waals surface area contributed by atoms with Crippen molar-refractivity contribution in [2.24, 2.45) is 0 Å². The summed E-state index contributed by atoms with van der Waals surface area (Å²) in [7, 11) is 0. The summed E-state index contributed by atoms with van der Waals surface area (Å²) in [6.45, 7) is 3.95. The smallest absolute Gasteiger partial charge is 0.411 e. The summed E-state index contributed by atoms with van der Waals surface area (Å²) in [5, 5.41) is 16.0. The lowest BCUT2D eigenvalue weighted by Crippen LogP contribution is -2.39. The van der Waals surface area contributed by atoms with E-state index in [0.717, 1.165) is 68.7 Å². The van der Waals surface area contributed by atoms with Crippen LogP contribution in [0.5, 0.6) is 5.75 Å². The van der Waals surface area contributed by atoms with E-state index in [0.29, 0.717) is 12.1 Å². The fraction of sp³-hybridized carbons (Fsp3) is 0.286. The molecule has 1 heterocycles. The third kappa shape index (κ3) is 8.18. The molecule has 0 atom stereocenters. The van der Waals surface area contributed by atoms with Crippen LogP contribution in [0.15, 0.2) is 97.1 Å². The molecule has 4 aromatic carbocycles. The fourth-order valence-electron chi connectivity index (χ4n) is 5.32. The van der Waals surface area contributed by atoms with Gasteiger partial charge in [0.1, 0.15) is 6.10 Å². The fourth-order valence-corrected chi connectivity index (χ4v) is 5.32. The SMILES string of the molecule is O=C(Nc1ccccc1-c1ccccc1)OC1CCN(CCc2ccc(CCNCc3cccc(F)c3O)cc2)CC1. The lowest BCUT2D eigenvalue weighted by Gasteiger charge is -2.31. The van der Waals surface area contributed by atoms with E-state index in [1.807, 2.05) is 54.6 Å². The average Bonchev–Trinajstić information content (AvgIpc) is 3.02. The van der Waals surface area contributed by atoms with Crippen molar-refractivity contribution in [2.45, 2.75) is 38.3 Å². The highest BCUT2D eigenvalue weighted by molar-refractivity contribution is 5.91. The molecule has 218 valence electrons. The number of carbonyl (C=O) groups excluding carboxylic acids is 1. The van der Waals surface area contributed by atoms with Crippen LogP contribution >= 0.6 is 0 Å². The van der Waals surface area contributed by atoms with E-state index in [9.17, 15) is 14.3 Å². The Labute approximate surface area is 247 Å². The van der Waals surface area contributed by atoms with Crippen LogP contribution in [0, 0.1) is 5.82 Å². The summed E-state index contributed by atoms with van der Waals surface area (Å²) in [4.78, 5) is 15.1. The van der Waals surface area contributed by atoms with Crippen LogP contribution in [0.4, 0.5) is 14.9 Å². The molecular formula is C35H38FN3O3. The Balaban J connectivity index is 0.993. The molecule has 0 radical (unpaired) electrons. The molecule has 0 saturated carbocycles. The van der Waals surface area contributed by atoms with Gasteiger partial charge in [-0.25, -0.2) is 9.18 Å². The molecule has 0 aromatic heterocycles. The Hall–Kier alpha value is -4.20. The zero-order valence-corrected chi connectivity index (χ0v) is 23.8. The number of nitrogens with zero attached hydrogens (tertiary/aromatic N) is 1. The van der Waals surface area contributed by atoms with Gasteiger partial charge < -0.3 is 20.1 Å². The molecule has 5 rings (SSSR count). The molecule has 6 nitrogen and oxygen atoms in total. The van der Waals surface area contributed by atoms with Crippen LogP contribution in [0.1, 0.15) is 29.5 Å². The summed E-state index contributed by atoms with van der Waals surface area (Å²) in [6.07, 6.45) is 3.00. The van der Waals surface area contributed by atoms with E-state index in [-0.39, 0.29) is 11.9 Å². The van der Waals surface area contributed by atoms with Crippen molar-refractivity contribution in [3.05, 3.63) is 120 Å². The number of carbonyl (C=O) groups is 1. The van der Waals surface area contributed by atoms with Gasteiger partial charge in [0.05, 0.1) is 5.69 Å². The monoisotopic (exact) mass is 567 g/mol. The molecular weight excluding hydrogens is 529 g/mol. The molecule has 0 bridgehead atoms. The molecule has 0 unspecified atom stereocenters. The number of phenolic OH excluding ortho intramolecular Hbond substituents is 1. The second kappa shape index (κ2) is 14.6. The maximum Gasteiger partial charge on any atom is 0.411 e. The maximum atomic E-state index is 13.5. The molecule has 0 aliphatic carbocycles. The van der Waals surface area contributed by atoms with Gasteiger partial charge in [-0.05, 0) is 61.1 Å². The standard InChI is InChI=1S/C35H38FN3O3/c36-32-11-6-9-29(34(32)40)25-37-21-17-26-13-15-27(16-14-26)18-22-39-23-19-30(20-24-39)42-35(41)38-33-12-5-4-10-31(33)28-7-2-1-3-8-28/h1-16,30,37,40H,17-25H2,(H,38,41). The number of amides is 1. The van der Waals surface area contributed by atoms with Crippen LogP contribution in [-0.4, -0.2) is 48.4 Å². The molecule has 4 aromatic rings. The van der Waals surface area contributed by atoms with Crippen molar-refractivity contribution in [1.29, 1.82) is 0 Å². The second-order valence-corrected chi connectivity index (χ2v) is 10.7. The predicted molar refractivity (Wildman–Crippen MR) is 165 cm³/mol. The van der Waals surface area contributed by atoms with Crippen LogP contribution in [0.3, 0.4) is 0 Å². The minimum Gasteiger partial charge on any atom is -0.505 e. The van der Waals surface area contributed by atoms with Gasteiger partial charge in [-0.3, -0.25) is 5.32 Å². The van der Waals surface area contributed by atoms with Crippen LogP contribution < -0.4 is 10.6 Å². The molecule has 42 heavy (non-hydrogen) atoms. The predicted octanol–water partition coefficient (Wildman–Crippen LogP) is 6.79. The van der Waals surface area contributed by atoms with E-state index >= 15 is 0 Å². The minimum absolute atomic E-state index is 0.0806. The quantitative estimate of drug-likeness (QED) is 0.174. The van der Waals surface area contributed by atoms with Crippen molar-refractivity contribution in [3.8, 4) is 16.9 Å². The lowest BCUT2D eigenvalue weighted by atomic mass is 10.0. The van der Waals surface area contributed by atoms with Gasteiger partial charge in [0.2, 0.25) is 0 Å². The Kier molecular flexibility index (Phi) is 10.2. The Morgan fingerprint density at radius 1 is 0.857 bits per heavy atom. The van der Waals surface area contributed by atoms with E-state index in [1.54, 1.807) is 12.1 Å². The molecule has 1 aliphatic heterocycles. The summed E-state index contributed by atoms with van der Waals surface area (Å²) < 4.78 is 19.2. The highest BCUT2D eigenvalue weighted by Gasteiger charge is 2.22. The third-order valence-electron chi connectivity index (χ3n) is 7.77. The molecule has 1 fully saturated rings. The largest absolute Gasteiger partial charge is 0.505 e. The summed E-state index contributed by atoms with van der Waals surface area (Å²) >= 11 is 0. The number of para-hydroxylation sites is 2. The minimum atomic E-state index is -0.591. The molecule has 1 amide bonds. The number of aromatic hydroxyl groups is 1. The molecule has 0 spiro atoms. The maximum absolute atomic E-state index is 13.5. The van der Waals surface area contributed by atoms with Gasteiger partial charge in [0.25, 0.3) is 0 Å². The third-order valence-corrected chi connectivity index (χ3v) is 7.77. The van der Waals surface area contributed by atoms with Crippen LogP contribution in [0.2, 0.25) is 0 Å². The number of benzene rings is 4. The topological polar surface area (TPSA) is 73.8 Å². The Morgan fingerprint density at radius 2 is 1.55 bits per heavy atom. The number of rotatable bonds is 11. The van der Waals surface area contributed by atoms with Crippen molar-refractivity contribution in [2.75, 3.05) is 31.5 Å². The Morgan fingerprint density at radius 3 is 2.31 bits per heavy atom. The molecule has 3 N–H and O–H groups in total. The van der Waals surface area contributed by atoms with Crippen LogP contribution in [-0.2, 0) is 24.1 Å². The first-order valence-electron chi connectivity index (χ1n) is 14.6. The summed E-state index contributed by atoms with van der Waals surface area (Å²) in [6, 6.07) is 31.0. The zero-order chi connectivity index (χ0) is 29.1. The summed E-state index contributed by atoms with van der Waals surface area (Å²) in [5.74, 6) is -0.871. The Bertz CT molecular complexity index is 1440. The number of hydrogen-bond donors (Lipinski definition) is 3. The highest BCUT2D eigenvalue weighted by atomic mass is 19.1. The van der Waals surface area contributed by atoms with E-state index < -0.39 is 11.9 Å². The number of piperidine rings is 1. The average molecular weight is 568 g/mol. The van der Waals surface area contributed by atoms with Gasteiger partial charge in [-0.15, -0.1) is 0 Å². The van der Waals surface area contributed by atoms with Gasteiger partial charge >= 0.3 is 6.09 Å². The zero-order valence-electron chi connectivity index (χ0n) is 23.8. The van der Waals surface area contributed by atoms with Gasteiger partial charge in [-0.1, -0.05) is 84.9 Å². The van der Waals surface area contributed by atoms with Crippen molar-refractivity contribution < 1.29 is 19.0 Å². The van der Waals surface area contributed by atoms with Gasteiger partial charge in [0.15, 0.2) is 11.6 Å². The first kappa shape index (κ1) is 29.3. The first-order valence-corrected chi connectivity index (χ1v) is 14.6. The number of phenols is 1. The molecule has 1 saturated heterocycles. The molecule has 7 heteroatoms. The lowest BCUT2D eigenvalue weighted by molar-refractivity contribution is 0.0593. The summed E-state index contributed by atoms with van der Waals surface area (Å²) in [5.41, 5.74) is 5.86. The van der Waals surface area contributed by atoms with Gasteiger partial charge in [0, 0.05) is 37.3 Å². The van der Waals surface area contributed by atoms with E-state index in [4.69, 9.17) is 4.74 Å². The number of anilines is 1. The normalized spacial score (nSPS) is 14.0. The van der Waals surface area contributed by atoms with Crippen molar-refractivity contribution in [3.63, 3.8) is 0 Å².